The summed E-state index contributed by atoms with van der Waals surface area (Å²) in [4.78, 5) is 7.81. The summed E-state index contributed by atoms with van der Waals surface area (Å²) >= 11 is 0. The average Bonchev–Trinajstić information content (AvgIpc) is 2.25. The fourth-order valence-electron chi connectivity index (χ4n) is 1.13. The van der Waals surface area contributed by atoms with Crippen LogP contribution >= 0.6 is 0 Å². The van der Waals surface area contributed by atoms with E-state index in [0.717, 1.165) is 5.56 Å². The SMILES string of the molecule is Cc1cnc(Oc2ccc(N)cc2F)nc1. The smallest absolute Gasteiger partial charge is 0.321 e. The van der Waals surface area contributed by atoms with Crippen LogP contribution in [0.5, 0.6) is 11.8 Å². The van der Waals surface area contributed by atoms with E-state index in [4.69, 9.17) is 10.5 Å². The van der Waals surface area contributed by atoms with Gasteiger partial charge < -0.3 is 10.5 Å². The van der Waals surface area contributed by atoms with Crippen molar-refractivity contribution in [3.8, 4) is 11.8 Å². The molecule has 4 nitrogen and oxygen atoms in total. The number of benzene rings is 1. The number of anilines is 1. The number of rotatable bonds is 2. The van der Waals surface area contributed by atoms with Crippen LogP contribution in [0.25, 0.3) is 0 Å². The van der Waals surface area contributed by atoms with E-state index < -0.39 is 5.82 Å². The average molecular weight is 219 g/mol. The molecule has 1 aromatic heterocycles. The Hall–Kier alpha value is -2.17. The molecule has 1 heterocycles. The van der Waals surface area contributed by atoms with Gasteiger partial charge in [-0.05, 0) is 24.6 Å². The Morgan fingerprint density at radius 1 is 1.25 bits per heavy atom. The van der Waals surface area contributed by atoms with Crippen molar-refractivity contribution in [3.63, 3.8) is 0 Å². The van der Waals surface area contributed by atoms with Gasteiger partial charge in [0.05, 0.1) is 0 Å². The largest absolute Gasteiger partial charge is 0.421 e. The molecule has 5 heteroatoms. The molecule has 0 spiro atoms. The highest BCUT2D eigenvalue weighted by Gasteiger charge is 2.06. The first-order chi connectivity index (χ1) is 7.65. The maximum Gasteiger partial charge on any atom is 0.321 e. The second-order valence-electron chi connectivity index (χ2n) is 3.33. The molecule has 82 valence electrons. The van der Waals surface area contributed by atoms with E-state index in [-0.39, 0.29) is 11.8 Å². The minimum absolute atomic E-state index is 0.0538. The molecule has 0 saturated heterocycles. The van der Waals surface area contributed by atoms with E-state index >= 15 is 0 Å². The lowest BCUT2D eigenvalue weighted by Crippen LogP contribution is -1.95. The van der Waals surface area contributed by atoms with Gasteiger partial charge in [0.25, 0.3) is 0 Å². The van der Waals surface area contributed by atoms with Gasteiger partial charge in [0.2, 0.25) is 0 Å². The number of aryl methyl sites for hydroxylation is 1. The first-order valence-corrected chi connectivity index (χ1v) is 4.66. The predicted molar refractivity (Wildman–Crippen MR) is 57.7 cm³/mol. The van der Waals surface area contributed by atoms with Crippen molar-refractivity contribution >= 4 is 5.69 Å². The number of aromatic nitrogens is 2. The van der Waals surface area contributed by atoms with Gasteiger partial charge in [-0.2, -0.15) is 0 Å². The molecule has 0 unspecified atom stereocenters. The molecule has 0 aliphatic heterocycles. The van der Waals surface area contributed by atoms with Crippen molar-refractivity contribution in [2.45, 2.75) is 6.92 Å². The Labute approximate surface area is 91.9 Å². The van der Waals surface area contributed by atoms with E-state index in [2.05, 4.69) is 9.97 Å². The van der Waals surface area contributed by atoms with E-state index in [0.29, 0.717) is 5.69 Å². The number of ether oxygens (including phenoxy) is 1. The molecular weight excluding hydrogens is 209 g/mol. The molecule has 2 aromatic rings. The van der Waals surface area contributed by atoms with Crippen molar-refractivity contribution in [3.05, 3.63) is 42.0 Å². The van der Waals surface area contributed by atoms with Crippen LogP contribution in [-0.2, 0) is 0 Å². The molecule has 0 fully saturated rings. The number of hydrogen-bond donors (Lipinski definition) is 1. The molecular formula is C11H10FN3O. The van der Waals surface area contributed by atoms with Crippen molar-refractivity contribution in [1.82, 2.24) is 9.97 Å². The molecule has 0 saturated carbocycles. The normalized spacial score (nSPS) is 10.1. The zero-order valence-electron chi connectivity index (χ0n) is 8.64. The highest BCUT2D eigenvalue weighted by atomic mass is 19.1. The second-order valence-corrected chi connectivity index (χ2v) is 3.33. The van der Waals surface area contributed by atoms with E-state index in [1.165, 1.54) is 12.1 Å². The number of nitrogen functional groups attached to an aromatic ring is 1. The van der Waals surface area contributed by atoms with Crippen LogP contribution in [-0.4, -0.2) is 9.97 Å². The Bertz CT molecular complexity index is 499. The van der Waals surface area contributed by atoms with Crippen molar-refractivity contribution in [2.24, 2.45) is 0 Å². The van der Waals surface area contributed by atoms with Crippen LogP contribution < -0.4 is 10.5 Å². The second kappa shape index (κ2) is 4.14. The number of hydrogen-bond acceptors (Lipinski definition) is 4. The first kappa shape index (κ1) is 10.4. The lowest BCUT2D eigenvalue weighted by atomic mass is 10.3. The summed E-state index contributed by atoms with van der Waals surface area (Å²) in [6.07, 6.45) is 3.19. The van der Waals surface area contributed by atoms with Crippen LogP contribution in [0.3, 0.4) is 0 Å². The Morgan fingerprint density at radius 3 is 2.56 bits per heavy atom. The molecule has 2 N–H and O–H groups in total. The summed E-state index contributed by atoms with van der Waals surface area (Å²) < 4.78 is 18.5. The van der Waals surface area contributed by atoms with E-state index in [1.807, 2.05) is 6.92 Å². The molecule has 2 rings (SSSR count). The van der Waals surface area contributed by atoms with Crippen molar-refractivity contribution in [2.75, 3.05) is 5.73 Å². The van der Waals surface area contributed by atoms with Gasteiger partial charge in [-0.25, -0.2) is 14.4 Å². The third-order valence-electron chi connectivity index (χ3n) is 1.91. The van der Waals surface area contributed by atoms with Gasteiger partial charge >= 0.3 is 6.01 Å². The van der Waals surface area contributed by atoms with E-state index in [1.54, 1.807) is 18.5 Å². The monoisotopic (exact) mass is 219 g/mol. The summed E-state index contributed by atoms with van der Waals surface area (Å²) in [5.41, 5.74) is 6.66. The Balaban J connectivity index is 2.23. The fraction of sp³-hybridized carbons (Fsp3) is 0.0909. The summed E-state index contributed by atoms with van der Waals surface area (Å²) in [6.45, 7) is 1.85. The minimum Gasteiger partial charge on any atom is -0.421 e. The van der Waals surface area contributed by atoms with Gasteiger partial charge in [-0.3, -0.25) is 0 Å². The highest BCUT2D eigenvalue weighted by Crippen LogP contribution is 2.23. The highest BCUT2D eigenvalue weighted by molar-refractivity contribution is 5.43. The molecule has 0 atom stereocenters. The lowest BCUT2D eigenvalue weighted by molar-refractivity contribution is 0.411. The van der Waals surface area contributed by atoms with Gasteiger partial charge in [-0.1, -0.05) is 0 Å². The molecule has 1 aromatic carbocycles. The molecule has 16 heavy (non-hydrogen) atoms. The van der Waals surface area contributed by atoms with Crippen LogP contribution in [0.4, 0.5) is 10.1 Å². The summed E-state index contributed by atoms with van der Waals surface area (Å²) in [6, 6.07) is 4.28. The van der Waals surface area contributed by atoms with Crippen LogP contribution in [0.2, 0.25) is 0 Å². The first-order valence-electron chi connectivity index (χ1n) is 4.66. The van der Waals surface area contributed by atoms with Crippen molar-refractivity contribution < 1.29 is 9.13 Å². The number of halogens is 1. The van der Waals surface area contributed by atoms with Crippen LogP contribution in [0.15, 0.2) is 30.6 Å². The minimum atomic E-state index is -0.538. The quantitative estimate of drug-likeness (QED) is 0.787. The number of nitrogens with two attached hydrogens (primary N) is 1. The Kier molecular flexibility index (Phi) is 2.68. The topological polar surface area (TPSA) is 61.0 Å². The third-order valence-corrected chi connectivity index (χ3v) is 1.91. The summed E-state index contributed by atoms with van der Waals surface area (Å²) in [7, 11) is 0. The van der Waals surface area contributed by atoms with Gasteiger partial charge in [0.15, 0.2) is 11.6 Å². The molecule has 0 radical (unpaired) electrons. The Morgan fingerprint density at radius 2 is 1.94 bits per heavy atom. The maximum absolute atomic E-state index is 13.4. The lowest BCUT2D eigenvalue weighted by Gasteiger charge is -2.05. The standard InChI is InChI=1S/C11H10FN3O/c1-7-5-14-11(15-6-7)16-10-3-2-8(13)4-9(10)12/h2-6H,13H2,1H3. The zero-order valence-corrected chi connectivity index (χ0v) is 8.64. The van der Waals surface area contributed by atoms with Gasteiger partial charge in [-0.15, -0.1) is 0 Å². The van der Waals surface area contributed by atoms with Crippen molar-refractivity contribution in [1.29, 1.82) is 0 Å². The number of nitrogens with zero attached hydrogens (tertiary/aromatic N) is 2. The third kappa shape index (κ3) is 2.25. The molecule has 0 bridgehead atoms. The van der Waals surface area contributed by atoms with Crippen LogP contribution in [0, 0.1) is 12.7 Å². The maximum atomic E-state index is 13.4. The molecule has 0 aliphatic rings. The molecule has 0 aliphatic carbocycles. The summed E-state index contributed by atoms with van der Waals surface area (Å²) in [5.74, 6) is -0.484. The summed E-state index contributed by atoms with van der Waals surface area (Å²) in [5, 5.41) is 0. The van der Waals surface area contributed by atoms with Gasteiger partial charge in [0, 0.05) is 24.1 Å². The van der Waals surface area contributed by atoms with E-state index in [9.17, 15) is 4.39 Å². The zero-order chi connectivity index (χ0) is 11.5. The molecule has 0 amide bonds. The predicted octanol–water partition coefficient (Wildman–Crippen LogP) is 2.30. The van der Waals surface area contributed by atoms with Gasteiger partial charge in [0.1, 0.15) is 0 Å². The fourth-order valence-corrected chi connectivity index (χ4v) is 1.13. The van der Waals surface area contributed by atoms with Crippen LogP contribution in [0.1, 0.15) is 5.56 Å².